The van der Waals surface area contributed by atoms with Crippen LogP contribution in [0.3, 0.4) is 0 Å². The second-order valence-corrected chi connectivity index (χ2v) is 5.20. The molecule has 0 N–H and O–H groups in total. The van der Waals surface area contributed by atoms with Crippen molar-refractivity contribution in [1.29, 1.82) is 0 Å². The molecule has 2 fully saturated rings. The molecular formula is C13H23NO2. The van der Waals surface area contributed by atoms with E-state index in [1.54, 1.807) is 0 Å². The summed E-state index contributed by atoms with van der Waals surface area (Å²) >= 11 is 0. The number of rotatable bonds is 3. The standard InChI is InChI=1S/C13H23NO2/c1-11(15)16-13-7-5-6-12(13)10-14-8-3-2-4-9-14/h12-13H,2-10H2,1H3/t12-,13+/m0/s1. The molecule has 16 heavy (non-hydrogen) atoms. The molecule has 1 heterocycles. The van der Waals surface area contributed by atoms with Crippen molar-refractivity contribution in [2.45, 2.75) is 51.6 Å². The lowest BCUT2D eigenvalue weighted by molar-refractivity contribution is -0.148. The molecule has 0 bridgehead atoms. The third-order valence-corrected chi connectivity index (χ3v) is 3.85. The Morgan fingerprint density at radius 2 is 1.94 bits per heavy atom. The van der Waals surface area contributed by atoms with Crippen molar-refractivity contribution in [2.24, 2.45) is 5.92 Å². The van der Waals surface area contributed by atoms with Gasteiger partial charge in [0.25, 0.3) is 0 Å². The highest BCUT2D eigenvalue weighted by atomic mass is 16.5. The van der Waals surface area contributed by atoms with Gasteiger partial charge in [-0.2, -0.15) is 0 Å². The van der Waals surface area contributed by atoms with Gasteiger partial charge in [0.2, 0.25) is 0 Å². The van der Waals surface area contributed by atoms with Crippen LogP contribution < -0.4 is 0 Å². The highest BCUT2D eigenvalue weighted by Crippen LogP contribution is 2.29. The molecule has 1 saturated carbocycles. The number of carbonyl (C=O) groups excluding carboxylic acids is 1. The van der Waals surface area contributed by atoms with E-state index in [1.165, 1.54) is 52.1 Å². The first-order valence-electron chi connectivity index (χ1n) is 6.65. The molecule has 2 atom stereocenters. The van der Waals surface area contributed by atoms with Crippen LogP contribution in [-0.4, -0.2) is 36.6 Å². The van der Waals surface area contributed by atoms with Gasteiger partial charge in [-0.05, 0) is 45.2 Å². The van der Waals surface area contributed by atoms with Crippen molar-refractivity contribution in [3.63, 3.8) is 0 Å². The molecule has 2 rings (SSSR count). The summed E-state index contributed by atoms with van der Waals surface area (Å²) in [4.78, 5) is 13.6. The predicted molar refractivity (Wildman–Crippen MR) is 63.2 cm³/mol. The van der Waals surface area contributed by atoms with E-state index < -0.39 is 0 Å². The second kappa shape index (κ2) is 5.67. The van der Waals surface area contributed by atoms with Gasteiger partial charge in [-0.15, -0.1) is 0 Å². The Morgan fingerprint density at radius 3 is 2.62 bits per heavy atom. The summed E-state index contributed by atoms with van der Waals surface area (Å²) in [6, 6.07) is 0. The smallest absolute Gasteiger partial charge is 0.302 e. The van der Waals surface area contributed by atoms with Gasteiger partial charge < -0.3 is 9.64 Å². The van der Waals surface area contributed by atoms with Crippen molar-refractivity contribution in [3.8, 4) is 0 Å². The minimum Gasteiger partial charge on any atom is -0.462 e. The highest BCUT2D eigenvalue weighted by Gasteiger charge is 2.31. The Hall–Kier alpha value is -0.570. The van der Waals surface area contributed by atoms with E-state index in [2.05, 4.69) is 4.90 Å². The number of hydrogen-bond acceptors (Lipinski definition) is 3. The third kappa shape index (κ3) is 3.21. The minimum absolute atomic E-state index is 0.115. The van der Waals surface area contributed by atoms with Crippen molar-refractivity contribution < 1.29 is 9.53 Å². The third-order valence-electron chi connectivity index (χ3n) is 3.85. The minimum atomic E-state index is -0.115. The molecule has 0 aromatic rings. The van der Waals surface area contributed by atoms with Gasteiger partial charge in [-0.1, -0.05) is 6.42 Å². The van der Waals surface area contributed by atoms with E-state index in [-0.39, 0.29) is 12.1 Å². The molecule has 1 aliphatic carbocycles. The van der Waals surface area contributed by atoms with Crippen LogP contribution in [0.5, 0.6) is 0 Å². The number of carbonyl (C=O) groups is 1. The summed E-state index contributed by atoms with van der Waals surface area (Å²) in [7, 11) is 0. The lowest BCUT2D eigenvalue weighted by atomic mass is 10.0. The van der Waals surface area contributed by atoms with Gasteiger partial charge in [0.05, 0.1) is 0 Å². The van der Waals surface area contributed by atoms with Crippen molar-refractivity contribution >= 4 is 5.97 Å². The van der Waals surface area contributed by atoms with E-state index in [1.807, 2.05) is 0 Å². The van der Waals surface area contributed by atoms with Gasteiger partial charge >= 0.3 is 5.97 Å². The lowest BCUT2D eigenvalue weighted by Gasteiger charge is -2.31. The van der Waals surface area contributed by atoms with E-state index in [0.717, 1.165) is 13.0 Å². The van der Waals surface area contributed by atoms with Crippen LogP contribution in [0, 0.1) is 5.92 Å². The van der Waals surface area contributed by atoms with E-state index in [4.69, 9.17) is 4.74 Å². The molecule has 3 heteroatoms. The average molecular weight is 225 g/mol. The molecule has 0 aromatic carbocycles. The first kappa shape index (κ1) is 11.9. The molecule has 0 unspecified atom stereocenters. The van der Waals surface area contributed by atoms with Gasteiger partial charge in [0.15, 0.2) is 0 Å². The Balaban J connectivity index is 1.80. The van der Waals surface area contributed by atoms with Gasteiger partial charge in [-0.3, -0.25) is 4.79 Å². The SMILES string of the molecule is CC(=O)O[C@@H]1CCC[C@H]1CN1CCCCC1. The zero-order chi connectivity index (χ0) is 11.4. The topological polar surface area (TPSA) is 29.5 Å². The van der Waals surface area contributed by atoms with Crippen LogP contribution in [0.15, 0.2) is 0 Å². The Bertz CT molecular complexity index is 236. The maximum absolute atomic E-state index is 11.0. The number of hydrogen-bond donors (Lipinski definition) is 0. The Morgan fingerprint density at radius 1 is 1.19 bits per heavy atom. The summed E-state index contributed by atoms with van der Waals surface area (Å²) < 4.78 is 5.40. The van der Waals surface area contributed by atoms with Crippen LogP contribution >= 0.6 is 0 Å². The molecule has 3 nitrogen and oxygen atoms in total. The summed E-state index contributed by atoms with van der Waals surface area (Å²) in [6.07, 6.45) is 7.77. The van der Waals surface area contributed by atoms with Crippen molar-refractivity contribution in [1.82, 2.24) is 4.90 Å². The first-order chi connectivity index (χ1) is 7.75. The van der Waals surface area contributed by atoms with E-state index in [9.17, 15) is 4.79 Å². The van der Waals surface area contributed by atoms with Crippen LogP contribution in [0.4, 0.5) is 0 Å². The molecule has 1 aliphatic heterocycles. The molecule has 0 spiro atoms. The largest absolute Gasteiger partial charge is 0.462 e. The van der Waals surface area contributed by atoms with E-state index in [0.29, 0.717) is 5.92 Å². The van der Waals surface area contributed by atoms with Crippen LogP contribution in [-0.2, 0) is 9.53 Å². The molecule has 0 radical (unpaired) electrons. The molecular weight excluding hydrogens is 202 g/mol. The zero-order valence-electron chi connectivity index (χ0n) is 10.3. The summed E-state index contributed by atoms with van der Waals surface area (Å²) in [6.45, 7) is 5.14. The quantitative estimate of drug-likeness (QED) is 0.690. The van der Waals surface area contributed by atoms with E-state index >= 15 is 0 Å². The molecule has 0 aromatic heterocycles. The van der Waals surface area contributed by atoms with Crippen LogP contribution in [0.25, 0.3) is 0 Å². The number of piperidine rings is 1. The number of esters is 1. The summed E-state index contributed by atoms with van der Waals surface area (Å²) in [5.41, 5.74) is 0. The van der Waals surface area contributed by atoms with Crippen LogP contribution in [0.2, 0.25) is 0 Å². The van der Waals surface area contributed by atoms with Gasteiger partial charge in [-0.25, -0.2) is 0 Å². The molecule has 1 saturated heterocycles. The lowest BCUT2D eigenvalue weighted by Crippen LogP contribution is -2.37. The fourth-order valence-corrected chi connectivity index (χ4v) is 3.05. The van der Waals surface area contributed by atoms with Crippen LogP contribution in [0.1, 0.15) is 45.4 Å². The average Bonchev–Trinajstić information content (AvgIpc) is 2.66. The fraction of sp³-hybridized carbons (Fsp3) is 0.923. The maximum atomic E-state index is 11.0. The Labute approximate surface area is 98.1 Å². The Kier molecular flexibility index (Phi) is 4.22. The molecule has 92 valence electrons. The monoisotopic (exact) mass is 225 g/mol. The number of ether oxygens (including phenoxy) is 1. The summed E-state index contributed by atoms with van der Waals surface area (Å²) in [5.74, 6) is 0.470. The van der Waals surface area contributed by atoms with Gasteiger partial charge in [0, 0.05) is 19.4 Å². The maximum Gasteiger partial charge on any atom is 0.302 e. The van der Waals surface area contributed by atoms with Crippen molar-refractivity contribution in [3.05, 3.63) is 0 Å². The van der Waals surface area contributed by atoms with Crippen molar-refractivity contribution in [2.75, 3.05) is 19.6 Å². The second-order valence-electron chi connectivity index (χ2n) is 5.20. The predicted octanol–water partition coefficient (Wildman–Crippen LogP) is 2.20. The van der Waals surface area contributed by atoms with Gasteiger partial charge in [0.1, 0.15) is 6.10 Å². The zero-order valence-corrected chi connectivity index (χ0v) is 10.3. The highest BCUT2D eigenvalue weighted by molar-refractivity contribution is 5.66. The number of likely N-dealkylation sites (tertiary alicyclic amines) is 1. The normalized spacial score (nSPS) is 31.6. The fourth-order valence-electron chi connectivity index (χ4n) is 3.05. The summed E-state index contributed by atoms with van der Waals surface area (Å²) in [5, 5.41) is 0. The number of nitrogens with zero attached hydrogens (tertiary/aromatic N) is 1. The first-order valence-corrected chi connectivity index (χ1v) is 6.65. The molecule has 2 aliphatic rings. The molecule has 0 amide bonds.